The Kier molecular flexibility index (Phi) is 5.15. The molecule has 0 spiro atoms. The van der Waals surface area contributed by atoms with E-state index < -0.39 is 23.7 Å². The SMILES string of the molecule is C[C@H](C(=O)N1CCN(C(=O)c2cccc(C(F)(F)F)c2)CC1)n1cncn1. The van der Waals surface area contributed by atoms with Crippen LogP contribution < -0.4 is 0 Å². The molecule has 1 aromatic carbocycles. The molecule has 1 fully saturated rings. The number of benzene rings is 1. The van der Waals surface area contributed by atoms with Crippen molar-refractivity contribution in [1.82, 2.24) is 24.6 Å². The zero-order valence-corrected chi connectivity index (χ0v) is 14.6. The van der Waals surface area contributed by atoms with Crippen LogP contribution in [0.1, 0.15) is 28.9 Å². The molecule has 0 N–H and O–H groups in total. The fourth-order valence-corrected chi connectivity index (χ4v) is 2.94. The van der Waals surface area contributed by atoms with Gasteiger partial charge in [-0.15, -0.1) is 0 Å². The van der Waals surface area contributed by atoms with Gasteiger partial charge in [0.2, 0.25) is 5.91 Å². The second-order valence-electron chi connectivity index (χ2n) is 6.25. The van der Waals surface area contributed by atoms with Crippen molar-refractivity contribution in [3.8, 4) is 0 Å². The molecule has 144 valence electrons. The zero-order chi connectivity index (χ0) is 19.6. The summed E-state index contributed by atoms with van der Waals surface area (Å²) >= 11 is 0. The van der Waals surface area contributed by atoms with E-state index in [1.54, 1.807) is 11.8 Å². The number of carbonyl (C=O) groups is 2. The summed E-state index contributed by atoms with van der Waals surface area (Å²) in [6, 6.07) is 3.85. The molecule has 0 bridgehead atoms. The fraction of sp³-hybridized carbons (Fsp3) is 0.412. The van der Waals surface area contributed by atoms with Gasteiger partial charge in [-0.1, -0.05) is 6.07 Å². The Morgan fingerprint density at radius 3 is 2.37 bits per heavy atom. The van der Waals surface area contributed by atoms with E-state index in [2.05, 4.69) is 10.1 Å². The topological polar surface area (TPSA) is 71.3 Å². The maximum atomic E-state index is 12.8. The van der Waals surface area contributed by atoms with Gasteiger partial charge in [-0.3, -0.25) is 9.59 Å². The summed E-state index contributed by atoms with van der Waals surface area (Å²) in [6.07, 6.45) is -1.70. The molecule has 10 heteroatoms. The molecule has 1 atom stereocenters. The maximum Gasteiger partial charge on any atom is 0.416 e. The van der Waals surface area contributed by atoms with E-state index in [1.165, 1.54) is 34.4 Å². The summed E-state index contributed by atoms with van der Waals surface area (Å²) in [4.78, 5) is 31.9. The third kappa shape index (κ3) is 4.09. The minimum atomic E-state index is -4.50. The van der Waals surface area contributed by atoms with Gasteiger partial charge in [0.1, 0.15) is 18.7 Å². The Balaban J connectivity index is 1.62. The molecule has 1 saturated heterocycles. The molecule has 0 saturated carbocycles. The summed E-state index contributed by atoms with van der Waals surface area (Å²) in [5.41, 5.74) is -0.871. The summed E-state index contributed by atoms with van der Waals surface area (Å²) in [7, 11) is 0. The molecular weight excluding hydrogens is 363 g/mol. The second kappa shape index (κ2) is 7.37. The number of nitrogens with zero attached hydrogens (tertiary/aromatic N) is 5. The van der Waals surface area contributed by atoms with Crippen molar-refractivity contribution in [3.63, 3.8) is 0 Å². The zero-order valence-electron chi connectivity index (χ0n) is 14.6. The average molecular weight is 381 g/mol. The highest BCUT2D eigenvalue weighted by Gasteiger charge is 2.32. The van der Waals surface area contributed by atoms with Crippen molar-refractivity contribution in [2.24, 2.45) is 0 Å². The number of alkyl halides is 3. The number of halogens is 3. The molecular formula is C17H18F3N5O2. The van der Waals surface area contributed by atoms with Crippen molar-refractivity contribution >= 4 is 11.8 Å². The Bertz CT molecular complexity index is 814. The van der Waals surface area contributed by atoms with E-state index in [4.69, 9.17) is 0 Å². The molecule has 0 aliphatic carbocycles. The minimum absolute atomic E-state index is 0.0133. The largest absolute Gasteiger partial charge is 0.416 e. The lowest BCUT2D eigenvalue weighted by molar-refractivity contribution is -0.138. The van der Waals surface area contributed by atoms with Gasteiger partial charge in [-0.05, 0) is 25.1 Å². The van der Waals surface area contributed by atoms with Crippen LogP contribution >= 0.6 is 0 Å². The summed E-state index contributed by atoms with van der Waals surface area (Å²) in [5.74, 6) is -0.621. The summed E-state index contributed by atoms with van der Waals surface area (Å²) in [6.45, 7) is 2.83. The number of piperazine rings is 1. The van der Waals surface area contributed by atoms with Crippen LogP contribution in [0.25, 0.3) is 0 Å². The molecule has 0 unspecified atom stereocenters. The summed E-state index contributed by atoms with van der Waals surface area (Å²) in [5, 5.41) is 3.94. The van der Waals surface area contributed by atoms with Crippen molar-refractivity contribution < 1.29 is 22.8 Å². The number of aromatic nitrogens is 3. The predicted molar refractivity (Wildman–Crippen MR) is 88.7 cm³/mol. The van der Waals surface area contributed by atoms with Gasteiger partial charge in [-0.2, -0.15) is 18.3 Å². The summed E-state index contributed by atoms with van der Waals surface area (Å²) < 4.78 is 39.9. The van der Waals surface area contributed by atoms with Crippen LogP contribution in [0.15, 0.2) is 36.9 Å². The molecule has 27 heavy (non-hydrogen) atoms. The first-order valence-electron chi connectivity index (χ1n) is 8.37. The van der Waals surface area contributed by atoms with Crippen LogP contribution in [-0.2, 0) is 11.0 Å². The Morgan fingerprint density at radius 1 is 1.11 bits per heavy atom. The monoisotopic (exact) mass is 381 g/mol. The van der Waals surface area contributed by atoms with Gasteiger partial charge >= 0.3 is 6.18 Å². The normalized spacial score (nSPS) is 16.3. The third-order valence-electron chi connectivity index (χ3n) is 4.51. The first-order chi connectivity index (χ1) is 12.8. The van der Waals surface area contributed by atoms with Crippen LogP contribution in [-0.4, -0.2) is 62.6 Å². The standard InChI is InChI=1S/C17H18F3N5O2/c1-12(25-11-21-10-22-25)15(26)23-5-7-24(8-6-23)16(27)13-3-2-4-14(9-13)17(18,19)20/h2-4,9-12H,5-8H2,1H3/t12-/m1/s1. The van der Waals surface area contributed by atoms with Crippen molar-refractivity contribution in [3.05, 3.63) is 48.0 Å². The van der Waals surface area contributed by atoms with Gasteiger partial charge in [0.25, 0.3) is 5.91 Å². The molecule has 2 heterocycles. The number of carbonyl (C=O) groups excluding carboxylic acids is 2. The van der Waals surface area contributed by atoms with Crippen molar-refractivity contribution in [2.75, 3.05) is 26.2 Å². The van der Waals surface area contributed by atoms with E-state index in [9.17, 15) is 22.8 Å². The lowest BCUT2D eigenvalue weighted by Gasteiger charge is -2.36. The van der Waals surface area contributed by atoms with E-state index in [0.29, 0.717) is 13.1 Å². The molecule has 0 radical (unpaired) electrons. The Morgan fingerprint density at radius 2 is 1.78 bits per heavy atom. The van der Waals surface area contributed by atoms with E-state index in [-0.39, 0.29) is 24.6 Å². The van der Waals surface area contributed by atoms with Crippen LogP contribution in [0.3, 0.4) is 0 Å². The van der Waals surface area contributed by atoms with Crippen LogP contribution in [0, 0.1) is 0 Å². The third-order valence-corrected chi connectivity index (χ3v) is 4.51. The Labute approximate surface area is 153 Å². The molecule has 7 nitrogen and oxygen atoms in total. The molecule has 1 aromatic heterocycles. The van der Waals surface area contributed by atoms with Gasteiger partial charge in [-0.25, -0.2) is 9.67 Å². The molecule has 1 aliphatic heterocycles. The van der Waals surface area contributed by atoms with Gasteiger partial charge in [0.05, 0.1) is 5.56 Å². The van der Waals surface area contributed by atoms with Gasteiger partial charge < -0.3 is 9.80 Å². The minimum Gasteiger partial charge on any atom is -0.337 e. The predicted octanol–water partition coefficient (Wildman–Crippen LogP) is 1.84. The van der Waals surface area contributed by atoms with Crippen LogP contribution in [0.4, 0.5) is 13.2 Å². The molecule has 2 aromatic rings. The first-order valence-corrected chi connectivity index (χ1v) is 8.37. The average Bonchev–Trinajstić information content (AvgIpc) is 3.20. The quantitative estimate of drug-likeness (QED) is 0.814. The molecule has 1 aliphatic rings. The first kappa shape index (κ1) is 18.9. The maximum absolute atomic E-state index is 12.8. The number of amides is 2. The molecule has 2 amide bonds. The Hall–Kier alpha value is -2.91. The van der Waals surface area contributed by atoms with Gasteiger partial charge in [0, 0.05) is 31.7 Å². The highest BCUT2D eigenvalue weighted by Crippen LogP contribution is 2.29. The molecule has 3 rings (SSSR count). The van der Waals surface area contributed by atoms with Crippen molar-refractivity contribution in [2.45, 2.75) is 19.1 Å². The number of hydrogen-bond acceptors (Lipinski definition) is 4. The number of rotatable bonds is 3. The van der Waals surface area contributed by atoms with E-state index in [0.717, 1.165) is 12.1 Å². The van der Waals surface area contributed by atoms with Gasteiger partial charge in [0.15, 0.2) is 0 Å². The van der Waals surface area contributed by atoms with E-state index >= 15 is 0 Å². The smallest absolute Gasteiger partial charge is 0.337 e. The van der Waals surface area contributed by atoms with E-state index in [1.807, 2.05) is 0 Å². The van der Waals surface area contributed by atoms with Crippen LogP contribution in [0.2, 0.25) is 0 Å². The highest BCUT2D eigenvalue weighted by atomic mass is 19.4. The van der Waals surface area contributed by atoms with Crippen LogP contribution in [0.5, 0.6) is 0 Å². The number of hydrogen-bond donors (Lipinski definition) is 0. The van der Waals surface area contributed by atoms with Crippen molar-refractivity contribution in [1.29, 1.82) is 0 Å². The second-order valence-corrected chi connectivity index (χ2v) is 6.25. The fourth-order valence-electron chi connectivity index (χ4n) is 2.94. The highest BCUT2D eigenvalue weighted by molar-refractivity contribution is 5.94. The lowest BCUT2D eigenvalue weighted by Crippen LogP contribution is -2.52. The lowest BCUT2D eigenvalue weighted by atomic mass is 10.1.